The van der Waals surface area contributed by atoms with Gasteiger partial charge in [-0.25, -0.2) is 4.98 Å². The molecule has 2 aliphatic rings. The van der Waals surface area contributed by atoms with E-state index in [2.05, 4.69) is 14.7 Å². The first kappa shape index (κ1) is 14.3. The molecule has 1 N–H and O–H groups in total. The Balaban J connectivity index is 1.36. The van der Waals surface area contributed by atoms with Crippen molar-refractivity contribution in [3.05, 3.63) is 54.0 Å². The lowest BCUT2D eigenvalue weighted by atomic mass is 9.89. The molecule has 5 rings (SSSR count). The van der Waals surface area contributed by atoms with Gasteiger partial charge in [0.05, 0.1) is 5.69 Å². The predicted octanol–water partition coefficient (Wildman–Crippen LogP) is 2.81. The van der Waals surface area contributed by atoms with Crippen LogP contribution >= 0.6 is 0 Å². The van der Waals surface area contributed by atoms with Gasteiger partial charge in [-0.2, -0.15) is 0 Å². The van der Waals surface area contributed by atoms with E-state index in [9.17, 15) is 4.79 Å². The molecule has 25 heavy (non-hydrogen) atoms. The summed E-state index contributed by atoms with van der Waals surface area (Å²) in [6, 6.07) is 11.4. The Hall–Kier alpha value is -3.02. The van der Waals surface area contributed by atoms with Crippen LogP contribution in [0.15, 0.2) is 42.6 Å². The Morgan fingerprint density at radius 3 is 3.08 bits per heavy atom. The second-order valence-electron chi connectivity index (χ2n) is 6.43. The number of hydrogen-bond acceptors (Lipinski definition) is 4. The number of aromatic nitrogens is 2. The van der Waals surface area contributed by atoms with Crippen LogP contribution in [0.25, 0.3) is 5.65 Å². The number of carbonyl (C=O) groups is 1. The standard InChI is InChI=1S/C19H17N3O3/c23-19(20-13-5-7-16-17(10-13)25-11-24-16)12-4-6-14-15(9-12)22-8-2-1-3-18(22)21-14/h1-3,5,7-8,10,12H,4,6,9,11H2,(H,20,23). The quantitative estimate of drug-likeness (QED) is 0.782. The van der Waals surface area contributed by atoms with Gasteiger partial charge in [-0.15, -0.1) is 0 Å². The molecule has 1 aliphatic carbocycles. The summed E-state index contributed by atoms with van der Waals surface area (Å²) in [6.45, 7) is 0.229. The first-order chi connectivity index (χ1) is 12.3. The zero-order chi connectivity index (χ0) is 16.8. The van der Waals surface area contributed by atoms with Crippen LogP contribution in [0.1, 0.15) is 17.8 Å². The van der Waals surface area contributed by atoms with Crippen molar-refractivity contribution < 1.29 is 14.3 Å². The Kier molecular flexibility index (Phi) is 3.16. The number of anilines is 1. The molecule has 0 saturated carbocycles. The summed E-state index contributed by atoms with van der Waals surface area (Å²) < 4.78 is 12.8. The highest BCUT2D eigenvalue weighted by Gasteiger charge is 2.28. The van der Waals surface area contributed by atoms with Gasteiger partial charge < -0.3 is 19.2 Å². The summed E-state index contributed by atoms with van der Waals surface area (Å²) in [5, 5.41) is 3.01. The molecule has 0 spiro atoms. The van der Waals surface area contributed by atoms with Gasteiger partial charge in [-0.1, -0.05) is 6.07 Å². The minimum Gasteiger partial charge on any atom is -0.454 e. The van der Waals surface area contributed by atoms with Crippen molar-refractivity contribution in [3.8, 4) is 11.5 Å². The van der Waals surface area contributed by atoms with Crippen LogP contribution < -0.4 is 14.8 Å². The fourth-order valence-corrected chi connectivity index (χ4v) is 3.60. The van der Waals surface area contributed by atoms with Crippen LogP contribution in [0, 0.1) is 5.92 Å². The van der Waals surface area contributed by atoms with E-state index in [1.54, 1.807) is 0 Å². The molecule has 3 heterocycles. The Morgan fingerprint density at radius 2 is 2.12 bits per heavy atom. The predicted molar refractivity (Wildman–Crippen MR) is 91.9 cm³/mol. The molecule has 1 unspecified atom stereocenters. The molecule has 0 fully saturated rings. The van der Waals surface area contributed by atoms with Gasteiger partial charge in [0.15, 0.2) is 11.5 Å². The van der Waals surface area contributed by atoms with E-state index in [1.165, 1.54) is 0 Å². The summed E-state index contributed by atoms with van der Waals surface area (Å²) >= 11 is 0. The normalized spacial score (nSPS) is 18.2. The van der Waals surface area contributed by atoms with E-state index < -0.39 is 0 Å². The second-order valence-corrected chi connectivity index (χ2v) is 6.43. The average Bonchev–Trinajstić information content (AvgIpc) is 3.24. The number of imidazole rings is 1. The molecule has 0 bridgehead atoms. The third-order valence-electron chi connectivity index (χ3n) is 4.89. The Bertz CT molecular complexity index is 979. The minimum atomic E-state index is -0.0574. The fourth-order valence-electron chi connectivity index (χ4n) is 3.60. The highest BCUT2D eigenvalue weighted by molar-refractivity contribution is 5.93. The summed E-state index contributed by atoms with van der Waals surface area (Å²) in [5.74, 6) is 1.37. The average molecular weight is 335 g/mol. The maximum Gasteiger partial charge on any atom is 0.231 e. The van der Waals surface area contributed by atoms with Crippen molar-refractivity contribution in [2.24, 2.45) is 5.92 Å². The molecule has 1 amide bonds. The third-order valence-corrected chi connectivity index (χ3v) is 4.89. The molecule has 0 saturated heterocycles. The van der Waals surface area contributed by atoms with E-state index in [0.29, 0.717) is 17.9 Å². The minimum absolute atomic E-state index is 0.0374. The fraction of sp³-hybridized carbons (Fsp3) is 0.263. The molecular formula is C19H17N3O3. The second kappa shape index (κ2) is 5.51. The molecular weight excluding hydrogens is 318 g/mol. The topological polar surface area (TPSA) is 64.9 Å². The number of nitrogens with one attached hydrogen (secondary N) is 1. The zero-order valence-corrected chi connectivity index (χ0v) is 13.6. The molecule has 6 nitrogen and oxygen atoms in total. The van der Waals surface area contributed by atoms with Crippen molar-refractivity contribution in [1.82, 2.24) is 9.38 Å². The number of carbonyl (C=O) groups excluding carboxylic acids is 1. The number of amides is 1. The molecule has 126 valence electrons. The monoisotopic (exact) mass is 335 g/mol. The zero-order valence-electron chi connectivity index (χ0n) is 13.6. The summed E-state index contributed by atoms with van der Waals surface area (Å²) in [7, 11) is 0. The first-order valence-corrected chi connectivity index (χ1v) is 8.43. The van der Waals surface area contributed by atoms with Crippen LogP contribution in [-0.4, -0.2) is 22.1 Å². The maximum atomic E-state index is 12.7. The van der Waals surface area contributed by atoms with Gasteiger partial charge >= 0.3 is 0 Å². The molecule has 1 aliphatic heterocycles. The first-order valence-electron chi connectivity index (χ1n) is 8.43. The Morgan fingerprint density at radius 1 is 1.20 bits per heavy atom. The van der Waals surface area contributed by atoms with Gasteiger partial charge in [-0.05, 0) is 37.1 Å². The van der Waals surface area contributed by atoms with Gasteiger partial charge in [0.25, 0.3) is 0 Å². The maximum absolute atomic E-state index is 12.7. The van der Waals surface area contributed by atoms with E-state index in [1.807, 2.05) is 42.6 Å². The number of pyridine rings is 1. The number of fused-ring (bicyclic) bond motifs is 4. The number of nitrogens with zero attached hydrogens (tertiary/aromatic N) is 2. The van der Waals surface area contributed by atoms with Crippen molar-refractivity contribution in [3.63, 3.8) is 0 Å². The van der Waals surface area contributed by atoms with Crippen LogP contribution in [0.3, 0.4) is 0 Å². The highest BCUT2D eigenvalue weighted by atomic mass is 16.7. The lowest BCUT2D eigenvalue weighted by Crippen LogP contribution is -2.28. The SMILES string of the molecule is O=C(Nc1ccc2c(c1)OCO2)C1CCc2nc3ccccn3c2C1. The van der Waals surface area contributed by atoms with Crippen LogP contribution in [-0.2, 0) is 17.6 Å². The smallest absolute Gasteiger partial charge is 0.231 e. The molecule has 0 radical (unpaired) electrons. The van der Waals surface area contributed by atoms with Gasteiger partial charge in [0.1, 0.15) is 5.65 Å². The summed E-state index contributed by atoms with van der Waals surface area (Å²) in [5.41, 5.74) is 3.94. The summed E-state index contributed by atoms with van der Waals surface area (Å²) in [4.78, 5) is 17.4. The highest BCUT2D eigenvalue weighted by Crippen LogP contribution is 2.34. The van der Waals surface area contributed by atoms with Crippen molar-refractivity contribution >= 4 is 17.2 Å². The lowest BCUT2D eigenvalue weighted by molar-refractivity contribution is -0.120. The number of hydrogen-bond donors (Lipinski definition) is 1. The molecule has 3 aromatic rings. The van der Waals surface area contributed by atoms with Gasteiger partial charge in [-0.3, -0.25) is 4.79 Å². The van der Waals surface area contributed by atoms with Crippen LogP contribution in [0.2, 0.25) is 0 Å². The lowest BCUT2D eigenvalue weighted by Gasteiger charge is -2.21. The van der Waals surface area contributed by atoms with Gasteiger partial charge in [0.2, 0.25) is 12.7 Å². The van der Waals surface area contributed by atoms with Crippen molar-refractivity contribution in [2.75, 3.05) is 12.1 Å². The van der Waals surface area contributed by atoms with Crippen LogP contribution in [0.5, 0.6) is 11.5 Å². The van der Waals surface area contributed by atoms with E-state index in [0.717, 1.165) is 35.6 Å². The number of benzene rings is 1. The van der Waals surface area contributed by atoms with Crippen LogP contribution in [0.4, 0.5) is 5.69 Å². The third kappa shape index (κ3) is 2.41. The molecule has 6 heteroatoms. The number of ether oxygens (including phenoxy) is 2. The van der Waals surface area contributed by atoms with E-state index in [4.69, 9.17) is 9.47 Å². The molecule has 1 atom stereocenters. The van der Waals surface area contributed by atoms with E-state index in [-0.39, 0.29) is 18.6 Å². The van der Waals surface area contributed by atoms with Crippen molar-refractivity contribution in [2.45, 2.75) is 19.3 Å². The molecule has 1 aromatic carbocycles. The van der Waals surface area contributed by atoms with E-state index >= 15 is 0 Å². The number of rotatable bonds is 2. The van der Waals surface area contributed by atoms with Crippen molar-refractivity contribution in [1.29, 1.82) is 0 Å². The van der Waals surface area contributed by atoms with Gasteiger partial charge in [0, 0.05) is 36.0 Å². The number of aryl methyl sites for hydroxylation is 1. The summed E-state index contributed by atoms with van der Waals surface area (Å²) in [6.07, 6.45) is 4.36. The Labute approximate surface area is 144 Å². The largest absolute Gasteiger partial charge is 0.454 e. The molecule has 2 aromatic heterocycles.